The predicted octanol–water partition coefficient (Wildman–Crippen LogP) is 3.22. The summed E-state index contributed by atoms with van der Waals surface area (Å²) in [5.41, 5.74) is 1.33. The zero-order valence-electron chi connectivity index (χ0n) is 11.2. The van der Waals surface area contributed by atoms with E-state index >= 15 is 0 Å². The van der Waals surface area contributed by atoms with Crippen molar-refractivity contribution < 1.29 is 5.11 Å². The molecule has 3 heteroatoms. The molecule has 0 spiro atoms. The van der Waals surface area contributed by atoms with Gasteiger partial charge in [0.25, 0.3) is 0 Å². The topological polar surface area (TPSA) is 32.3 Å². The second-order valence-electron chi connectivity index (χ2n) is 5.12. The summed E-state index contributed by atoms with van der Waals surface area (Å²) < 4.78 is 0. The molecule has 2 nitrogen and oxygen atoms in total. The fourth-order valence-electron chi connectivity index (χ4n) is 2.40. The van der Waals surface area contributed by atoms with Crippen LogP contribution in [-0.2, 0) is 0 Å². The second-order valence-corrected chi connectivity index (χ2v) is 6.00. The molecule has 0 aromatic heterocycles. The molecule has 1 fully saturated rings. The smallest absolute Gasteiger partial charge is 0.0445 e. The molecular formula is C15H23NOS. The molecule has 0 radical (unpaired) electrons. The van der Waals surface area contributed by atoms with Crippen molar-refractivity contribution in [2.75, 3.05) is 12.9 Å². The number of rotatable bonds is 7. The highest BCUT2D eigenvalue weighted by molar-refractivity contribution is 7.98. The maximum absolute atomic E-state index is 9.12. The van der Waals surface area contributed by atoms with E-state index in [-0.39, 0.29) is 6.61 Å². The second kappa shape index (κ2) is 6.60. The number of benzene rings is 1. The predicted molar refractivity (Wildman–Crippen MR) is 78.0 cm³/mol. The fourth-order valence-corrected chi connectivity index (χ4v) is 2.81. The monoisotopic (exact) mass is 265 g/mol. The Morgan fingerprint density at radius 1 is 1.33 bits per heavy atom. The van der Waals surface area contributed by atoms with Crippen LogP contribution in [0.4, 0.5) is 0 Å². The minimum Gasteiger partial charge on any atom is -0.396 e. The Bertz CT molecular complexity index is 361. The normalized spacial score (nSPS) is 18.6. The van der Waals surface area contributed by atoms with Crippen molar-refractivity contribution in [3.05, 3.63) is 29.8 Å². The summed E-state index contributed by atoms with van der Waals surface area (Å²) in [4.78, 5) is 1.31. The lowest BCUT2D eigenvalue weighted by molar-refractivity contribution is 0.250. The molecule has 0 heterocycles. The summed E-state index contributed by atoms with van der Waals surface area (Å²) in [5, 5.41) is 12.8. The Labute approximate surface area is 114 Å². The molecule has 0 aliphatic heterocycles. The number of aliphatic hydroxyl groups is 1. The lowest BCUT2D eigenvalue weighted by atomic mass is 10.0. The van der Waals surface area contributed by atoms with Gasteiger partial charge in [0.05, 0.1) is 0 Å². The van der Waals surface area contributed by atoms with Gasteiger partial charge in [-0.3, -0.25) is 0 Å². The molecule has 2 atom stereocenters. The first-order valence-electron chi connectivity index (χ1n) is 6.75. The third-order valence-corrected chi connectivity index (χ3v) is 4.45. The maximum atomic E-state index is 9.12. The molecule has 1 aromatic rings. The maximum Gasteiger partial charge on any atom is 0.0445 e. The first-order valence-corrected chi connectivity index (χ1v) is 7.98. The average Bonchev–Trinajstić information content (AvgIpc) is 3.22. The van der Waals surface area contributed by atoms with Crippen LogP contribution in [0.5, 0.6) is 0 Å². The third kappa shape index (κ3) is 3.74. The lowest BCUT2D eigenvalue weighted by Gasteiger charge is -2.23. The average molecular weight is 265 g/mol. The van der Waals surface area contributed by atoms with Crippen LogP contribution in [0.2, 0.25) is 0 Å². The Morgan fingerprint density at radius 2 is 2.00 bits per heavy atom. The summed E-state index contributed by atoms with van der Waals surface area (Å²) >= 11 is 1.77. The Balaban J connectivity index is 1.94. The molecule has 0 amide bonds. The van der Waals surface area contributed by atoms with Crippen LogP contribution in [0.1, 0.15) is 37.8 Å². The van der Waals surface area contributed by atoms with Gasteiger partial charge < -0.3 is 10.4 Å². The highest BCUT2D eigenvalue weighted by Gasteiger charge is 2.31. The number of thioether (sulfide) groups is 1. The van der Waals surface area contributed by atoms with Crippen LogP contribution in [0.15, 0.2) is 29.2 Å². The van der Waals surface area contributed by atoms with Crippen LogP contribution in [0.25, 0.3) is 0 Å². The van der Waals surface area contributed by atoms with E-state index in [4.69, 9.17) is 5.11 Å². The molecule has 2 rings (SSSR count). The Hall–Kier alpha value is -0.510. The fraction of sp³-hybridized carbons (Fsp3) is 0.600. The number of hydrogen-bond acceptors (Lipinski definition) is 3. The third-order valence-electron chi connectivity index (χ3n) is 3.71. The minimum absolute atomic E-state index is 0.284. The van der Waals surface area contributed by atoms with E-state index in [9.17, 15) is 0 Å². The molecule has 1 aliphatic carbocycles. The quantitative estimate of drug-likeness (QED) is 0.742. The molecule has 100 valence electrons. The molecular weight excluding hydrogens is 242 g/mol. The number of hydrogen-bond donors (Lipinski definition) is 2. The highest BCUT2D eigenvalue weighted by Crippen LogP contribution is 2.35. The van der Waals surface area contributed by atoms with Gasteiger partial charge in [0.2, 0.25) is 0 Å². The van der Waals surface area contributed by atoms with Gasteiger partial charge in [0, 0.05) is 23.6 Å². The van der Waals surface area contributed by atoms with E-state index in [2.05, 4.69) is 42.8 Å². The van der Waals surface area contributed by atoms with Gasteiger partial charge in [-0.15, -0.1) is 11.8 Å². The minimum atomic E-state index is 0.284. The van der Waals surface area contributed by atoms with Crippen molar-refractivity contribution in [3.8, 4) is 0 Å². The van der Waals surface area contributed by atoms with E-state index in [1.54, 1.807) is 11.8 Å². The summed E-state index contributed by atoms with van der Waals surface area (Å²) in [6, 6.07) is 9.59. The number of nitrogens with one attached hydrogen (secondary N) is 1. The summed E-state index contributed by atoms with van der Waals surface area (Å²) in [6.07, 6.45) is 5.60. The van der Waals surface area contributed by atoms with Crippen molar-refractivity contribution in [2.24, 2.45) is 5.92 Å². The standard InChI is InChI=1S/C15H23NOS/c1-11(12-5-7-14(18-2)8-6-12)16-15(9-10-17)13-3-4-13/h5-8,11,13,15-17H,3-4,9-10H2,1-2H3. The lowest BCUT2D eigenvalue weighted by Crippen LogP contribution is -2.34. The van der Waals surface area contributed by atoms with E-state index < -0.39 is 0 Å². The highest BCUT2D eigenvalue weighted by atomic mass is 32.2. The van der Waals surface area contributed by atoms with E-state index in [0.29, 0.717) is 12.1 Å². The molecule has 18 heavy (non-hydrogen) atoms. The summed E-state index contributed by atoms with van der Waals surface area (Å²) in [5.74, 6) is 0.782. The van der Waals surface area contributed by atoms with Crippen molar-refractivity contribution >= 4 is 11.8 Å². The van der Waals surface area contributed by atoms with Gasteiger partial charge >= 0.3 is 0 Å². The molecule has 2 unspecified atom stereocenters. The molecule has 1 aromatic carbocycles. The first-order chi connectivity index (χ1) is 8.74. The molecule has 1 saturated carbocycles. The van der Waals surface area contributed by atoms with Gasteiger partial charge in [-0.05, 0) is 56.1 Å². The molecule has 0 bridgehead atoms. The zero-order valence-corrected chi connectivity index (χ0v) is 12.0. The first kappa shape index (κ1) is 13.9. The van der Waals surface area contributed by atoms with E-state index in [1.807, 2.05) is 0 Å². The van der Waals surface area contributed by atoms with Crippen molar-refractivity contribution in [1.29, 1.82) is 0 Å². The van der Waals surface area contributed by atoms with Gasteiger partial charge in [0.15, 0.2) is 0 Å². The molecule has 2 N–H and O–H groups in total. The van der Waals surface area contributed by atoms with Gasteiger partial charge in [-0.1, -0.05) is 12.1 Å². The van der Waals surface area contributed by atoms with Crippen LogP contribution in [-0.4, -0.2) is 24.0 Å². The van der Waals surface area contributed by atoms with Crippen LogP contribution in [0.3, 0.4) is 0 Å². The summed E-state index contributed by atoms with van der Waals surface area (Å²) in [7, 11) is 0. The summed E-state index contributed by atoms with van der Waals surface area (Å²) in [6.45, 7) is 2.49. The Morgan fingerprint density at radius 3 is 2.50 bits per heavy atom. The number of aliphatic hydroxyl groups excluding tert-OH is 1. The van der Waals surface area contributed by atoms with Crippen LogP contribution < -0.4 is 5.32 Å². The van der Waals surface area contributed by atoms with Gasteiger partial charge in [0.1, 0.15) is 0 Å². The van der Waals surface area contributed by atoms with E-state index in [0.717, 1.165) is 12.3 Å². The van der Waals surface area contributed by atoms with E-state index in [1.165, 1.54) is 23.3 Å². The SMILES string of the molecule is CSc1ccc(C(C)NC(CCO)C2CC2)cc1. The van der Waals surface area contributed by atoms with Crippen LogP contribution >= 0.6 is 11.8 Å². The Kier molecular flexibility index (Phi) is 5.10. The molecule has 0 saturated heterocycles. The molecule has 1 aliphatic rings. The van der Waals surface area contributed by atoms with Crippen LogP contribution in [0, 0.1) is 5.92 Å². The van der Waals surface area contributed by atoms with Gasteiger partial charge in [-0.25, -0.2) is 0 Å². The largest absolute Gasteiger partial charge is 0.396 e. The zero-order chi connectivity index (χ0) is 13.0. The van der Waals surface area contributed by atoms with Gasteiger partial charge in [-0.2, -0.15) is 0 Å². The van der Waals surface area contributed by atoms with Crippen molar-refractivity contribution in [1.82, 2.24) is 5.32 Å². The van der Waals surface area contributed by atoms with Crippen molar-refractivity contribution in [3.63, 3.8) is 0 Å². The van der Waals surface area contributed by atoms with Crippen molar-refractivity contribution in [2.45, 2.75) is 43.2 Å².